The number of rotatable bonds is 5. The summed E-state index contributed by atoms with van der Waals surface area (Å²) >= 11 is 0. The standard InChI is InChI=1S/C10H17N3O/c1-4-14-10(2,3)8-13-9-7-11-5-6-12-9/h5-7H,4,8H2,1-3H3,(H,12,13). The zero-order chi connectivity index (χ0) is 10.4. The van der Waals surface area contributed by atoms with Crippen molar-refractivity contribution in [2.24, 2.45) is 0 Å². The van der Waals surface area contributed by atoms with Gasteiger partial charge in [-0.1, -0.05) is 0 Å². The molecule has 0 unspecified atom stereocenters. The van der Waals surface area contributed by atoms with Crippen LogP contribution < -0.4 is 5.32 Å². The molecular formula is C10H17N3O. The first-order valence-corrected chi connectivity index (χ1v) is 4.78. The molecule has 0 saturated carbocycles. The van der Waals surface area contributed by atoms with Gasteiger partial charge < -0.3 is 10.1 Å². The molecule has 0 aliphatic rings. The summed E-state index contributed by atoms with van der Waals surface area (Å²) in [4.78, 5) is 8.08. The van der Waals surface area contributed by atoms with Crippen LogP contribution in [0.15, 0.2) is 18.6 Å². The second kappa shape index (κ2) is 4.91. The van der Waals surface area contributed by atoms with E-state index in [1.54, 1.807) is 18.6 Å². The molecule has 0 atom stereocenters. The van der Waals surface area contributed by atoms with Crippen molar-refractivity contribution in [3.63, 3.8) is 0 Å². The Kier molecular flexibility index (Phi) is 3.83. The van der Waals surface area contributed by atoms with Gasteiger partial charge in [0.05, 0.1) is 11.8 Å². The molecule has 1 rings (SSSR count). The highest BCUT2D eigenvalue weighted by molar-refractivity contribution is 5.30. The van der Waals surface area contributed by atoms with Crippen LogP contribution >= 0.6 is 0 Å². The van der Waals surface area contributed by atoms with Gasteiger partial charge in [0, 0.05) is 25.5 Å². The molecule has 0 amide bonds. The smallest absolute Gasteiger partial charge is 0.144 e. The average molecular weight is 195 g/mol. The van der Waals surface area contributed by atoms with Gasteiger partial charge in [-0.2, -0.15) is 0 Å². The van der Waals surface area contributed by atoms with Gasteiger partial charge in [0.25, 0.3) is 0 Å². The lowest BCUT2D eigenvalue weighted by molar-refractivity contribution is 0.000639. The predicted molar refractivity (Wildman–Crippen MR) is 56.2 cm³/mol. The zero-order valence-corrected chi connectivity index (χ0v) is 8.95. The number of nitrogens with zero attached hydrogens (tertiary/aromatic N) is 2. The normalized spacial score (nSPS) is 11.4. The number of anilines is 1. The van der Waals surface area contributed by atoms with Gasteiger partial charge in [0.15, 0.2) is 0 Å². The SMILES string of the molecule is CCOC(C)(C)CNc1cnccn1. The second-order valence-electron chi connectivity index (χ2n) is 3.64. The monoisotopic (exact) mass is 195 g/mol. The first-order chi connectivity index (χ1) is 6.64. The topological polar surface area (TPSA) is 47.0 Å². The Morgan fingerprint density at radius 1 is 1.43 bits per heavy atom. The highest BCUT2D eigenvalue weighted by Gasteiger charge is 2.16. The minimum absolute atomic E-state index is 0.174. The van der Waals surface area contributed by atoms with Crippen molar-refractivity contribution < 1.29 is 4.74 Å². The molecule has 0 radical (unpaired) electrons. The van der Waals surface area contributed by atoms with Crippen LogP contribution in [0.1, 0.15) is 20.8 Å². The maximum atomic E-state index is 5.54. The molecule has 1 aromatic rings. The van der Waals surface area contributed by atoms with Gasteiger partial charge in [-0.05, 0) is 20.8 Å². The molecule has 4 heteroatoms. The summed E-state index contributed by atoms with van der Waals surface area (Å²) < 4.78 is 5.54. The zero-order valence-electron chi connectivity index (χ0n) is 8.95. The summed E-state index contributed by atoms with van der Waals surface area (Å²) in [5.41, 5.74) is -0.174. The summed E-state index contributed by atoms with van der Waals surface area (Å²) in [6, 6.07) is 0. The Labute approximate surface area is 84.7 Å². The third-order valence-electron chi connectivity index (χ3n) is 1.79. The van der Waals surface area contributed by atoms with Crippen LogP contribution in [0, 0.1) is 0 Å². The quantitative estimate of drug-likeness (QED) is 0.777. The molecule has 1 N–H and O–H groups in total. The third-order valence-corrected chi connectivity index (χ3v) is 1.79. The fourth-order valence-corrected chi connectivity index (χ4v) is 1.14. The highest BCUT2D eigenvalue weighted by Crippen LogP contribution is 2.09. The van der Waals surface area contributed by atoms with E-state index in [4.69, 9.17) is 4.74 Å². The summed E-state index contributed by atoms with van der Waals surface area (Å²) in [6.45, 7) is 7.51. The summed E-state index contributed by atoms with van der Waals surface area (Å²) in [5, 5.41) is 3.17. The summed E-state index contributed by atoms with van der Waals surface area (Å²) in [5.74, 6) is 0.778. The van der Waals surface area contributed by atoms with E-state index >= 15 is 0 Å². The van der Waals surface area contributed by atoms with E-state index in [9.17, 15) is 0 Å². The molecule has 0 aliphatic carbocycles. The first-order valence-electron chi connectivity index (χ1n) is 4.78. The molecule has 1 aromatic heterocycles. The van der Waals surface area contributed by atoms with E-state index in [0.717, 1.165) is 19.0 Å². The van der Waals surface area contributed by atoms with Crippen LogP contribution in [-0.4, -0.2) is 28.7 Å². The van der Waals surface area contributed by atoms with Gasteiger partial charge in [0.1, 0.15) is 5.82 Å². The van der Waals surface area contributed by atoms with Crippen molar-refractivity contribution in [1.82, 2.24) is 9.97 Å². The molecule has 0 spiro atoms. The van der Waals surface area contributed by atoms with Crippen LogP contribution in [0.3, 0.4) is 0 Å². The number of aromatic nitrogens is 2. The minimum atomic E-state index is -0.174. The van der Waals surface area contributed by atoms with E-state index in [2.05, 4.69) is 15.3 Å². The van der Waals surface area contributed by atoms with E-state index in [0.29, 0.717) is 0 Å². The minimum Gasteiger partial charge on any atom is -0.374 e. The lowest BCUT2D eigenvalue weighted by atomic mass is 10.1. The van der Waals surface area contributed by atoms with Gasteiger partial charge in [0.2, 0.25) is 0 Å². The molecule has 1 heterocycles. The maximum absolute atomic E-state index is 5.54. The number of hydrogen-bond donors (Lipinski definition) is 1. The van der Waals surface area contributed by atoms with Crippen LogP contribution in [0.4, 0.5) is 5.82 Å². The number of nitrogens with one attached hydrogen (secondary N) is 1. The van der Waals surface area contributed by atoms with E-state index in [-0.39, 0.29) is 5.60 Å². The van der Waals surface area contributed by atoms with Crippen LogP contribution in [0.2, 0.25) is 0 Å². The molecule has 0 aliphatic heterocycles. The highest BCUT2D eigenvalue weighted by atomic mass is 16.5. The van der Waals surface area contributed by atoms with Crippen LogP contribution in [-0.2, 0) is 4.74 Å². The molecule has 0 aromatic carbocycles. The Balaban J connectivity index is 2.40. The summed E-state index contributed by atoms with van der Waals surface area (Å²) in [6.07, 6.45) is 5.01. The van der Waals surface area contributed by atoms with Gasteiger partial charge in [-0.15, -0.1) is 0 Å². The molecule has 78 valence electrons. The fraction of sp³-hybridized carbons (Fsp3) is 0.600. The molecule has 4 nitrogen and oxygen atoms in total. The fourth-order valence-electron chi connectivity index (χ4n) is 1.14. The Hall–Kier alpha value is -1.16. The van der Waals surface area contributed by atoms with Crippen molar-refractivity contribution in [2.45, 2.75) is 26.4 Å². The molecule has 0 saturated heterocycles. The molecule has 14 heavy (non-hydrogen) atoms. The van der Waals surface area contributed by atoms with Gasteiger partial charge in [-0.3, -0.25) is 4.98 Å². The van der Waals surface area contributed by atoms with E-state index < -0.39 is 0 Å². The van der Waals surface area contributed by atoms with Crippen molar-refractivity contribution in [2.75, 3.05) is 18.5 Å². The lowest BCUT2D eigenvalue weighted by Gasteiger charge is -2.24. The van der Waals surface area contributed by atoms with Crippen molar-refractivity contribution >= 4 is 5.82 Å². The Morgan fingerprint density at radius 3 is 2.79 bits per heavy atom. The Bertz CT molecular complexity index is 261. The van der Waals surface area contributed by atoms with E-state index in [1.807, 2.05) is 20.8 Å². The number of ether oxygens (including phenoxy) is 1. The predicted octanol–water partition coefficient (Wildman–Crippen LogP) is 1.70. The lowest BCUT2D eigenvalue weighted by Crippen LogP contribution is -2.33. The average Bonchev–Trinajstić information content (AvgIpc) is 2.17. The van der Waals surface area contributed by atoms with Gasteiger partial charge >= 0.3 is 0 Å². The van der Waals surface area contributed by atoms with Crippen molar-refractivity contribution in [1.29, 1.82) is 0 Å². The van der Waals surface area contributed by atoms with Crippen LogP contribution in [0.25, 0.3) is 0 Å². The van der Waals surface area contributed by atoms with E-state index in [1.165, 1.54) is 0 Å². The Morgan fingerprint density at radius 2 is 2.21 bits per heavy atom. The van der Waals surface area contributed by atoms with Crippen molar-refractivity contribution in [3.8, 4) is 0 Å². The molecular weight excluding hydrogens is 178 g/mol. The third kappa shape index (κ3) is 3.70. The molecule has 0 fully saturated rings. The largest absolute Gasteiger partial charge is 0.374 e. The first kappa shape index (κ1) is 10.9. The van der Waals surface area contributed by atoms with Crippen LogP contribution in [0.5, 0.6) is 0 Å². The number of hydrogen-bond acceptors (Lipinski definition) is 4. The van der Waals surface area contributed by atoms with Crippen molar-refractivity contribution in [3.05, 3.63) is 18.6 Å². The molecule has 0 bridgehead atoms. The summed E-state index contributed by atoms with van der Waals surface area (Å²) in [7, 11) is 0. The maximum Gasteiger partial charge on any atom is 0.144 e. The van der Waals surface area contributed by atoms with Gasteiger partial charge in [-0.25, -0.2) is 4.98 Å². The second-order valence-corrected chi connectivity index (χ2v) is 3.64.